The number of benzene rings is 1. The zero-order valence-corrected chi connectivity index (χ0v) is 22.4. The summed E-state index contributed by atoms with van der Waals surface area (Å²) in [7, 11) is 3.20. The standard InChI is InChI=1S/C27H43FN4O5/c1-19-8-9-22(28)15-24(19)25(37-13-10-30-27(34)35-3)21-7-4-11-32(17-21)26(33)31-23(16-29-2)14-20-6-5-12-36-18-20/h8-9,15,20-21,23,25,29H,4-7,10-14,16-18H2,1-3H3,(H,30,34)(H,31,33)/t20-,21+,23-,25?/m0/s1. The molecule has 0 bridgehead atoms. The molecule has 0 spiro atoms. The minimum Gasteiger partial charge on any atom is -0.453 e. The zero-order valence-electron chi connectivity index (χ0n) is 22.4. The topological polar surface area (TPSA) is 101 Å². The Morgan fingerprint density at radius 2 is 2.11 bits per heavy atom. The molecule has 0 aromatic heterocycles. The first-order chi connectivity index (χ1) is 17.9. The molecule has 2 fully saturated rings. The number of halogens is 1. The number of urea groups is 1. The predicted molar refractivity (Wildman–Crippen MR) is 139 cm³/mol. The summed E-state index contributed by atoms with van der Waals surface area (Å²) in [5, 5.41) is 9.04. The molecule has 1 aromatic rings. The Kier molecular flexibility index (Phi) is 11.9. The molecule has 4 atom stereocenters. The van der Waals surface area contributed by atoms with Gasteiger partial charge in [0.25, 0.3) is 0 Å². The van der Waals surface area contributed by atoms with Crippen LogP contribution in [-0.4, -0.2) is 83.2 Å². The number of amides is 3. The van der Waals surface area contributed by atoms with Crippen LogP contribution in [-0.2, 0) is 14.2 Å². The highest BCUT2D eigenvalue weighted by Crippen LogP contribution is 2.35. The van der Waals surface area contributed by atoms with Crippen LogP contribution in [0.3, 0.4) is 0 Å². The number of carbonyl (C=O) groups is 2. The SMILES string of the molecule is CNC[C@H](C[C@@H]1CCCOC1)NC(=O)N1CCC[C@@H](C(OCCNC(=O)OC)c2cc(F)ccc2C)C1. The van der Waals surface area contributed by atoms with Gasteiger partial charge in [-0.15, -0.1) is 0 Å². The van der Waals surface area contributed by atoms with E-state index in [9.17, 15) is 14.0 Å². The van der Waals surface area contributed by atoms with Crippen LogP contribution in [0.2, 0.25) is 0 Å². The Hall–Kier alpha value is -2.43. The van der Waals surface area contributed by atoms with Gasteiger partial charge in [-0.25, -0.2) is 14.0 Å². The van der Waals surface area contributed by atoms with Crippen molar-refractivity contribution < 1.29 is 28.2 Å². The third-order valence-corrected chi connectivity index (χ3v) is 7.23. The zero-order chi connectivity index (χ0) is 26.6. The number of hydrogen-bond donors (Lipinski definition) is 3. The van der Waals surface area contributed by atoms with E-state index in [1.807, 2.05) is 18.9 Å². The maximum atomic E-state index is 14.2. The number of hydrogen-bond acceptors (Lipinski definition) is 6. The van der Waals surface area contributed by atoms with Gasteiger partial charge in [0.1, 0.15) is 5.82 Å². The van der Waals surface area contributed by atoms with Crippen molar-refractivity contribution in [3.8, 4) is 0 Å². The molecular formula is C27H43FN4O5. The van der Waals surface area contributed by atoms with Gasteiger partial charge in [0, 0.05) is 51.4 Å². The van der Waals surface area contributed by atoms with E-state index in [1.54, 1.807) is 6.07 Å². The molecule has 10 heteroatoms. The second-order valence-corrected chi connectivity index (χ2v) is 10.1. The Labute approximate surface area is 219 Å². The molecular weight excluding hydrogens is 479 g/mol. The van der Waals surface area contributed by atoms with Crippen molar-refractivity contribution in [2.45, 2.75) is 51.2 Å². The van der Waals surface area contributed by atoms with Crippen LogP contribution in [0.5, 0.6) is 0 Å². The molecule has 3 amide bonds. The van der Waals surface area contributed by atoms with E-state index in [0.717, 1.165) is 56.4 Å². The third-order valence-electron chi connectivity index (χ3n) is 7.23. The number of ether oxygens (including phenoxy) is 3. The number of likely N-dealkylation sites (tertiary alicyclic amines) is 1. The molecule has 2 aliphatic rings. The Morgan fingerprint density at radius 1 is 1.27 bits per heavy atom. The Balaban J connectivity index is 1.66. The maximum absolute atomic E-state index is 14.2. The molecule has 3 rings (SSSR count). The summed E-state index contributed by atoms with van der Waals surface area (Å²) >= 11 is 0. The predicted octanol–water partition coefficient (Wildman–Crippen LogP) is 3.37. The number of nitrogens with one attached hydrogen (secondary N) is 3. The van der Waals surface area contributed by atoms with E-state index in [-0.39, 0.29) is 37.0 Å². The van der Waals surface area contributed by atoms with Crippen LogP contribution in [0.4, 0.5) is 14.0 Å². The van der Waals surface area contributed by atoms with Crippen molar-refractivity contribution in [3.05, 3.63) is 35.1 Å². The number of likely N-dealkylation sites (N-methyl/N-ethyl adjacent to an activating group) is 1. The fourth-order valence-electron chi connectivity index (χ4n) is 5.35. The fourth-order valence-corrected chi connectivity index (χ4v) is 5.35. The van der Waals surface area contributed by atoms with Gasteiger partial charge in [0.05, 0.1) is 19.8 Å². The molecule has 3 N–H and O–H groups in total. The molecule has 9 nitrogen and oxygen atoms in total. The summed E-state index contributed by atoms with van der Waals surface area (Å²) in [5.74, 6) is 0.121. The lowest BCUT2D eigenvalue weighted by atomic mass is 9.86. The summed E-state index contributed by atoms with van der Waals surface area (Å²) in [6.07, 6.45) is 3.82. The van der Waals surface area contributed by atoms with Gasteiger partial charge in [-0.2, -0.15) is 0 Å². The van der Waals surface area contributed by atoms with Gasteiger partial charge in [-0.05, 0) is 75.3 Å². The van der Waals surface area contributed by atoms with E-state index in [0.29, 0.717) is 25.6 Å². The van der Waals surface area contributed by atoms with E-state index >= 15 is 0 Å². The molecule has 0 saturated carbocycles. The first kappa shape index (κ1) is 29.1. The normalized spacial score (nSPS) is 21.7. The van der Waals surface area contributed by atoms with Crippen molar-refractivity contribution in [3.63, 3.8) is 0 Å². The molecule has 1 unspecified atom stereocenters. The van der Waals surface area contributed by atoms with Gasteiger partial charge in [0.2, 0.25) is 0 Å². The highest BCUT2D eigenvalue weighted by molar-refractivity contribution is 5.74. The number of aryl methyl sites for hydroxylation is 1. The summed E-state index contributed by atoms with van der Waals surface area (Å²) in [4.78, 5) is 26.6. The highest BCUT2D eigenvalue weighted by atomic mass is 19.1. The number of carbonyl (C=O) groups excluding carboxylic acids is 2. The molecule has 2 saturated heterocycles. The van der Waals surface area contributed by atoms with Crippen LogP contribution < -0.4 is 16.0 Å². The van der Waals surface area contributed by atoms with Gasteiger partial charge in [0.15, 0.2) is 0 Å². The number of methoxy groups -OCH3 is 1. The molecule has 0 aliphatic carbocycles. The maximum Gasteiger partial charge on any atom is 0.406 e. The van der Waals surface area contributed by atoms with Crippen LogP contribution >= 0.6 is 0 Å². The third kappa shape index (κ3) is 9.12. The summed E-state index contributed by atoms with van der Waals surface area (Å²) in [5.41, 5.74) is 1.70. The smallest absolute Gasteiger partial charge is 0.406 e. The average Bonchev–Trinajstić information content (AvgIpc) is 2.91. The molecule has 208 valence electrons. The Bertz CT molecular complexity index is 867. The van der Waals surface area contributed by atoms with Crippen molar-refractivity contribution >= 4 is 12.1 Å². The summed E-state index contributed by atoms with van der Waals surface area (Å²) < 4.78 is 30.7. The molecule has 2 aliphatic heterocycles. The van der Waals surface area contributed by atoms with Crippen LogP contribution in [0.1, 0.15) is 49.3 Å². The second kappa shape index (κ2) is 15.1. The largest absolute Gasteiger partial charge is 0.453 e. The van der Waals surface area contributed by atoms with E-state index in [2.05, 4.69) is 20.7 Å². The van der Waals surface area contributed by atoms with Gasteiger partial charge < -0.3 is 35.1 Å². The number of piperidine rings is 1. The summed E-state index contributed by atoms with van der Waals surface area (Å²) in [6, 6.07) is 4.64. The Morgan fingerprint density at radius 3 is 2.84 bits per heavy atom. The van der Waals surface area contributed by atoms with E-state index in [1.165, 1.54) is 19.2 Å². The van der Waals surface area contributed by atoms with Gasteiger partial charge in [-0.3, -0.25) is 0 Å². The molecule has 0 radical (unpaired) electrons. The van der Waals surface area contributed by atoms with Crippen LogP contribution in [0.25, 0.3) is 0 Å². The van der Waals surface area contributed by atoms with Gasteiger partial charge >= 0.3 is 12.1 Å². The van der Waals surface area contributed by atoms with Gasteiger partial charge in [-0.1, -0.05) is 6.07 Å². The molecule has 2 heterocycles. The molecule has 37 heavy (non-hydrogen) atoms. The lowest BCUT2D eigenvalue weighted by Crippen LogP contribution is -2.52. The number of rotatable bonds is 11. The second-order valence-electron chi connectivity index (χ2n) is 10.1. The van der Waals surface area contributed by atoms with Crippen LogP contribution in [0, 0.1) is 24.6 Å². The fraction of sp³-hybridized carbons (Fsp3) is 0.704. The van der Waals surface area contributed by atoms with Crippen molar-refractivity contribution in [2.24, 2.45) is 11.8 Å². The lowest BCUT2D eigenvalue weighted by molar-refractivity contribution is -0.00923. The first-order valence-corrected chi connectivity index (χ1v) is 13.4. The average molecular weight is 523 g/mol. The number of nitrogens with zero attached hydrogens (tertiary/aromatic N) is 1. The van der Waals surface area contributed by atoms with Crippen molar-refractivity contribution in [1.29, 1.82) is 0 Å². The van der Waals surface area contributed by atoms with E-state index in [4.69, 9.17) is 9.47 Å². The first-order valence-electron chi connectivity index (χ1n) is 13.4. The number of alkyl carbamates (subject to hydrolysis) is 1. The highest BCUT2D eigenvalue weighted by Gasteiger charge is 2.33. The molecule has 1 aromatic carbocycles. The van der Waals surface area contributed by atoms with Crippen molar-refractivity contribution in [2.75, 3.05) is 60.2 Å². The monoisotopic (exact) mass is 522 g/mol. The summed E-state index contributed by atoms with van der Waals surface area (Å²) in [6.45, 7) is 5.89. The minimum atomic E-state index is -0.529. The lowest BCUT2D eigenvalue weighted by Gasteiger charge is -2.38. The van der Waals surface area contributed by atoms with Crippen molar-refractivity contribution in [1.82, 2.24) is 20.9 Å². The minimum absolute atomic E-state index is 0.00683. The quantitative estimate of drug-likeness (QED) is 0.385. The van der Waals surface area contributed by atoms with Crippen LogP contribution in [0.15, 0.2) is 18.2 Å². The van der Waals surface area contributed by atoms with E-state index < -0.39 is 12.2 Å².